The number of methoxy groups -OCH3 is 1. The molecule has 1 heterocycles. The molecule has 110 valence electrons. The lowest BCUT2D eigenvalue weighted by Crippen LogP contribution is -2.19. The van der Waals surface area contributed by atoms with E-state index in [1.807, 2.05) is 55.4 Å². The number of ether oxygens (including phenoxy) is 1. The SMILES string of the molecule is COc1ccccc1NC(=S)Nc1ccc(N(C)C)nc1. The molecule has 2 rings (SSSR count). The molecule has 21 heavy (non-hydrogen) atoms. The Morgan fingerprint density at radius 3 is 2.52 bits per heavy atom. The van der Waals surface area contributed by atoms with Gasteiger partial charge in [0.1, 0.15) is 11.6 Å². The number of thiocarbonyl (C=S) groups is 1. The third-order valence-corrected chi connectivity index (χ3v) is 3.02. The Balaban J connectivity index is 2.01. The standard InChI is InChI=1S/C15H18N4OS/c1-19(2)14-9-8-11(10-16-14)17-15(21)18-12-6-4-5-7-13(12)20-3/h4-10H,1-3H3,(H2,17,18,21). The van der Waals surface area contributed by atoms with Gasteiger partial charge in [-0.05, 0) is 36.5 Å². The highest BCUT2D eigenvalue weighted by atomic mass is 32.1. The number of nitrogens with one attached hydrogen (secondary N) is 2. The second kappa shape index (κ2) is 6.90. The topological polar surface area (TPSA) is 49.4 Å². The van der Waals surface area contributed by atoms with Crippen molar-refractivity contribution in [3.8, 4) is 5.75 Å². The van der Waals surface area contributed by atoms with Crippen molar-refractivity contribution in [2.45, 2.75) is 0 Å². The van der Waals surface area contributed by atoms with Crippen LogP contribution in [-0.2, 0) is 0 Å². The Morgan fingerprint density at radius 2 is 1.90 bits per heavy atom. The molecule has 0 aliphatic rings. The number of rotatable bonds is 4. The third-order valence-electron chi connectivity index (χ3n) is 2.82. The van der Waals surface area contributed by atoms with E-state index in [1.54, 1.807) is 13.3 Å². The monoisotopic (exact) mass is 302 g/mol. The van der Waals surface area contributed by atoms with Crippen molar-refractivity contribution in [1.82, 2.24) is 4.98 Å². The van der Waals surface area contributed by atoms with Gasteiger partial charge in [0.15, 0.2) is 5.11 Å². The maximum absolute atomic E-state index is 5.29. The van der Waals surface area contributed by atoms with Crippen LogP contribution in [0.1, 0.15) is 0 Å². The molecule has 0 spiro atoms. The highest BCUT2D eigenvalue weighted by Crippen LogP contribution is 2.23. The first kappa shape index (κ1) is 15.1. The summed E-state index contributed by atoms with van der Waals surface area (Å²) in [5.41, 5.74) is 1.64. The van der Waals surface area contributed by atoms with Gasteiger partial charge in [-0.15, -0.1) is 0 Å². The molecule has 0 aliphatic heterocycles. The largest absolute Gasteiger partial charge is 0.495 e. The van der Waals surface area contributed by atoms with E-state index in [-0.39, 0.29) is 0 Å². The molecular weight excluding hydrogens is 284 g/mol. The van der Waals surface area contributed by atoms with Crippen molar-refractivity contribution in [1.29, 1.82) is 0 Å². The van der Waals surface area contributed by atoms with Gasteiger partial charge in [-0.1, -0.05) is 12.1 Å². The van der Waals surface area contributed by atoms with E-state index in [0.29, 0.717) is 5.11 Å². The Labute approximate surface area is 129 Å². The molecule has 2 aromatic rings. The summed E-state index contributed by atoms with van der Waals surface area (Å²) >= 11 is 5.29. The van der Waals surface area contributed by atoms with Crippen LogP contribution in [0.25, 0.3) is 0 Å². The van der Waals surface area contributed by atoms with Crippen LogP contribution < -0.4 is 20.3 Å². The highest BCUT2D eigenvalue weighted by Gasteiger charge is 2.04. The Morgan fingerprint density at radius 1 is 1.14 bits per heavy atom. The molecular formula is C15H18N4OS. The number of anilines is 3. The van der Waals surface area contributed by atoms with Crippen LogP contribution in [0.3, 0.4) is 0 Å². The summed E-state index contributed by atoms with van der Waals surface area (Å²) in [6, 6.07) is 11.5. The minimum atomic E-state index is 0.485. The lowest BCUT2D eigenvalue weighted by atomic mass is 10.3. The fraction of sp³-hybridized carbons (Fsp3) is 0.200. The quantitative estimate of drug-likeness (QED) is 0.847. The van der Waals surface area contributed by atoms with Gasteiger partial charge in [-0.25, -0.2) is 4.98 Å². The van der Waals surface area contributed by atoms with Gasteiger partial charge in [-0.3, -0.25) is 0 Å². The molecule has 0 aliphatic carbocycles. The van der Waals surface area contributed by atoms with E-state index in [9.17, 15) is 0 Å². The summed E-state index contributed by atoms with van der Waals surface area (Å²) in [7, 11) is 5.52. The lowest BCUT2D eigenvalue weighted by molar-refractivity contribution is 0.417. The molecule has 5 nitrogen and oxygen atoms in total. The van der Waals surface area contributed by atoms with Crippen LogP contribution in [0.4, 0.5) is 17.2 Å². The molecule has 0 saturated heterocycles. The highest BCUT2D eigenvalue weighted by molar-refractivity contribution is 7.80. The maximum atomic E-state index is 5.29. The first-order valence-corrected chi connectivity index (χ1v) is 6.85. The van der Waals surface area contributed by atoms with Gasteiger partial charge in [0, 0.05) is 14.1 Å². The molecule has 2 N–H and O–H groups in total. The molecule has 0 amide bonds. The summed E-state index contributed by atoms with van der Waals surface area (Å²) in [5, 5.41) is 6.68. The van der Waals surface area contributed by atoms with Crippen LogP contribution in [0.15, 0.2) is 42.6 Å². The van der Waals surface area contributed by atoms with E-state index in [2.05, 4.69) is 15.6 Å². The Bertz CT molecular complexity index is 613. The van der Waals surface area contributed by atoms with E-state index in [1.165, 1.54) is 0 Å². The van der Waals surface area contributed by atoms with Crippen LogP contribution in [-0.4, -0.2) is 31.3 Å². The average molecular weight is 302 g/mol. The smallest absolute Gasteiger partial charge is 0.175 e. The number of hydrogen-bond acceptors (Lipinski definition) is 4. The summed E-state index contributed by atoms with van der Waals surface area (Å²) in [6.07, 6.45) is 1.74. The third kappa shape index (κ3) is 4.06. The summed E-state index contributed by atoms with van der Waals surface area (Å²) < 4.78 is 5.27. The molecule has 0 radical (unpaired) electrons. The normalized spacial score (nSPS) is 9.86. The van der Waals surface area contributed by atoms with E-state index in [4.69, 9.17) is 17.0 Å². The zero-order valence-corrected chi connectivity index (χ0v) is 13.1. The van der Waals surface area contributed by atoms with Crippen molar-refractivity contribution in [3.63, 3.8) is 0 Å². The molecule has 0 fully saturated rings. The van der Waals surface area contributed by atoms with Crippen molar-refractivity contribution in [2.75, 3.05) is 36.7 Å². The van der Waals surface area contributed by atoms with E-state index in [0.717, 1.165) is 22.9 Å². The van der Waals surface area contributed by atoms with Crippen LogP contribution in [0.2, 0.25) is 0 Å². The van der Waals surface area contributed by atoms with Gasteiger partial charge < -0.3 is 20.3 Å². The Kier molecular flexibility index (Phi) is 4.94. The predicted molar refractivity (Wildman–Crippen MR) is 91.4 cm³/mol. The molecule has 6 heteroatoms. The zero-order chi connectivity index (χ0) is 15.2. The van der Waals surface area contributed by atoms with Gasteiger partial charge in [-0.2, -0.15) is 0 Å². The summed E-state index contributed by atoms with van der Waals surface area (Å²) in [6.45, 7) is 0. The summed E-state index contributed by atoms with van der Waals surface area (Å²) in [4.78, 5) is 6.26. The van der Waals surface area contributed by atoms with Crippen LogP contribution in [0, 0.1) is 0 Å². The fourth-order valence-corrected chi connectivity index (χ4v) is 1.98. The molecule has 1 aromatic carbocycles. The van der Waals surface area contributed by atoms with Gasteiger partial charge >= 0.3 is 0 Å². The van der Waals surface area contributed by atoms with E-state index < -0.39 is 0 Å². The number of hydrogen-bond donors (Lipinski definition) is 2. The van der Waals surface area contributed by atoms with Crippen molar-refractivity contribution < 1.29 is 4.74 Å². The number of aromatic nitrogens is 1. The summed E-state index contributed by atoms with van der Waals surface area (Å²) in [5.74, 6) is 1.63. The number of benzene rings is 1. The molecule has 1 aromatic heterocycles. The fourth-order valence-electron chi connectivity index (χ4n) is 1.76. The zero-order valence-electron chi connectivity index (χ0n) is 12.3. The van der Waals surface area contributed by atoms with Crippen molar-refractivity contribution in [2.24, 2.45) is 0 Å². The molecule has 0 bridgehead atoms. The molecule has 0 saturated carbocycles. The van der Waals surface area contributed by atoms with E-state index >= 15 is 0 Å². The van der Waals surface area contributed by atoms with Gasteiger partial charge in [0.2, 0.25) is 0 Å². The number of pyridine rings is 1. The van der Waals surface area contributed by atoms with Crippen LogP contribution >= 0.6 is 12.2 Å². The Hall–Kier alpha value is -2.34. The second-order valence-corrected chi connectivity index (χ2v) is 4.99. The number of nitrogens with zero attached hydrogens (tertiary/aromatic N) is 2. The minimum Gasteiger partial charge on any atom is -0.495 e. The molecule has 0 atom stereocenters. The van der Waals surface area contributed by atoms with Crippen molar-refractivity contribution >= 4 is 34.5 Å². The molecule has 0 unspecified atom stereocenters. The first-order chi connectivity index (χ1) is 10.1. The van der Waals surface area contributed by atoms with Gasteiger partial charge in [0.05, 0.1) is 24.7 Å². The predicted octanol–water partition coefficient (Wildman–Crippen LogP) is 2.97. The lowest BCUT2D eigenvalue weighted by Gasteiger charge is -2.14. The second-order valence-electron chi connectivity index (χ2n) is 4.58. The average Bonchev–Trinajstić information content (AvgIpc) is 2.48. The maximum Gasteiger partial charge on any atom is 0.175 e. The number of para-hydroxylation sites is 2. The van der Waals surface area contributed by atoms with Gasteiger partial charge in [0.25, 0.3) is 0 Å². The van der Waals surface area contributed by atoms with Crippen molar-refractivity contribution in [3.05, 3.63) is 42.6 Å². The minimum absolute atomic E-state index is 0.485. The van der Waals surface area contributed by atoms with Crippen LogP contribution in [0.5, 0.6) is 5.75 Å². The first-order valence-electron chi connectivity index (χ1n) is 6.44.